The first-order valence-corrected chi connectivity index (χ1v) is 5.34. The van der Waals surface area contributed by atoms with Crippen molar-refractivity contribution in [1.29, 1.82) is 0 Å². The molecule has 1 amide bonds. The Hall–Kier alpha value is -2.45. The lowest BCUT2D eigenvalue weighted by molar-refractivity contribution is -0.140. The molecular weight excluding hydrogens is 280 g/mol. The fourth-order valence-electron chi connectivity index (χ4n) is 1.60. The van der Waals surface area contributed by atoms with Gasteiger partial charge < -0.3 is 5.73 Å². The summed E-state index contributed by atoms with van der Waals surface area (Å²) in [5.74, 6) is -2.54. The van der Waals surface area contributed by atoms with Crippen LogP contribution in [0.15, 0.2) is 18.2 Å². The summed E-state index contributed by atoms with van der Waals surface area (Å²) in [6, 6.07) is 2.93. The van der Waals surface area contributed by atoms with Crippen LogP contribution in [0, 0.1) is 5.82 Å². The minimum Gasteiger partial charge on any atom is -0.363 e. The minimum atomic E-state index is -4.78. The third-order valence-corrected chi connectivity index (χ3v) is 2.49. The molecule has 0 aliphatic rings. The molecule has 0 saturated carbocycles. The fourth-order valence-corrected chi connectivity index (χ4v) is 1.60. The van der Waals surface area contributed by atoms with Crippen molar-refractivity contribution in [2.45, 2.75) is 12.6 Å². The molecule has 0 unspecified atom stereocenters. The number of amides is 1. The van der Waals surface area contributed by atoms with E-state index in [1.54, 1.807) is 0 Å². The highest BCUT2D eigenvalue weighted by Crippen LogP contribution is 2.32. The first-order chi connectivity index (χ1) is 9.29. The van der Waals surface area contributed by atoms with Gasteiger partial charge in [-0.15, -0.1) is 5.10 Å². The number of benzene rings is 1. The Bertz CT molecular complexity index is 650. The van der Waals surface area contributed by atoms with Gasteiger partial charge >= 0.3 is 6.18 Å². The molecule has 0 atom stereocenters. The van der Waals surface area contributed by atoms with E-state index in [-0.39, 0.29) is 23.6 Å². The number of aromatic nitrogens is 3. The molecule has 5 nitrogen and oxygen atoms in total. The summed E-state index contributed by atoms with van der Waals surface area (Å²) < 4.78 is 51.4. The number of hydrogen-bond acceptors (Lipinski definition) is 3. The molecule has 3 N–H and O–H groups in total. The maximum absolute atomic E-state index is 13.7. The summed E-state index contributed by atoms with van der Waals surface area (Å²) >= 11 is 0. The molecule has 0 aliphatic carbocycles. The molecule has 0 spiro atoms. The molecule has 2 aromatic rings. The lowest BCUT2D eigenvalue weighted by Crippen LogP contribution is -2.13. The van der Waals surface area contributed by atoms with Crippen LogP contribution in [0.5, 0.6) is 0 Å². The van der Waals surface area contributed by atoms with E-state index in [1.807, 2.05) is 0 Å². The zero-order valence-electron chi connectivity index (χ0n) is 9.83. The average Bonchev–Trinajstić information content (AvgIpc) is 2.79. The van der Waals surface area contributed by atoms with Crippen LogP contribution in [0.2, 0.25) is 0 Å². The van der Waals surface area contributed by atoms with Crippen molar-refractivity contribution in [3.8, 4) is 0 Å². The van der Waals surface area contributed by atoms with E-state index in [0.29, 0.717) is 6.07 Å². The van der Waals surface area contributed by atoms with Crippen LogP contribution in [0.4, 0.5) is 17.6 Å². The van der Waals surface area contributed by atoms with Gasteiger partial charge in [0.05, 0.1) is 5.56 Å². The number of nitrogens with two attached hydrogens (primary N) is 1. The van der Waals surface area contributed by atoms with E-state index in [2.05, 4.69) is 15.2 Å². The van der Waals surface area contributed by atoms with Crippen LogP contribution in [-0.2, 0) is 12.6 Å². The van der Waals surface area contributed by atoms with Gasteiger partial charge in [-0.05, 0) is 11.6 Å². The quantitative estimate of drug-likeness (QED) is 0.842. The molecule has 0 aliphatic heterocycles. The predicted octanol–water partition coefficient (Wildman–Crippen LogP) is 1.65. The number of halogens is 4. The molecule has 1 aromatic carbocycles. The highest BCUT2D eigenvalue weighted by atomic mass is 19.4. The Kier molecular flexibility index (Phi) is 3.43. The van der Waals surface area contributed by atoms with E-state index < -0.39 is 23.5 Å². The second kappa shape index (κ2) is 4.91. The Morgan fingerprint density at radius 3 is 2.60 bits per heavy atom. The van der Waals surface area contributed by atoms with Crippen molar-refractivity contribution in [1.82, 2.24) is 15.2 Å². The SMILES string of the molecule is NC(=O)c1n[nH]c(Cc2cccc(C(F)(F)F)c2F)n1. The van der Waals surface area contributed by atoms with Gasteiger partial charge in [0.1, 0.15) is 11.6 Å². The molecule has 9 heteroatoms. The van der Waals surface area contributed by atoms with Crippen molar-refractivity contribution in [3.63, 3.8) is 0 Å². The highest BCUT2D eigenvalue weighted by Gasteiger charge is 2.34. The number of H-pyrrole nitrogens is 1. The van der Waals surface area contributed by atoms with Crippen molar-refractivity contribution < 1.29 is 22.4 Å². The van der Waals surface area contributed by atoms with Gasteiger partial charge in [-0.25, -0.2) is 9.37 Å². The van der Waals surface area contributed by atoms with E-state index in [4.69, 9.17) is 5.73 Å². The van der Waals surface area contributed by atoms with Crippen molar-refractivity contribution in [2.75, 3.05) is 0 Å². The lowest BCUT2D eigenvalue weighted by atomic mass is 10.1. The minimum absolute atomic E-state index is 0.0389. The Balaban J connectivity index is 2.32. The molecule has 20 heavy (non-hydrogen) atoms. The van der Waals surface area contributed by atoms with Crippen LogP contribution in [0.1, 0.15) is 27.6 Å². The zero-order valence-corrected chi connectivity index (χ0v) is 9.83. The average molecular weight is 288 g/mol. The second-order valence-corrected chi connectivity index (χ2v) is 3.92. The molecule has 1 heterocycles. The van der Waals surface area contributed by atoms with Crippen LogP contribution in [0.25, 0.3) is 0 Å². The molecule has 0 saturated heterocycles. The van der Waals surface area contributed by atoms with E-state index in [9.17, 15) is 22.4 Å². The number of nitrogens with one attached hydrogen (secondary N) is 1. The van der Waals surface area contributed by atoms with Crippen molar-refractivity contribution in [3.05, 3.63) is 46.8 Å². The van der Waals surface area contributed by atoms with E-state index in [0.717, 1.165) is 6.07 Å². The van der Waals surface area contributed by atoms with Gasteiger partial charge in [0.25, 0.3) is 5.91 Å². The topological polar surface area (TPSA) is 84.7 Å². The lowest BCUT2D eigenvalue weighted by Gasteiger charge is -2.10. The molecule has 106 valence electrons. The Morgan fingerprint density at radius 1 is 1.35 bits per heavy atom. The smallest absolute Gasteiger partial charge is 0.363 e. The zero-order chi connectivity index (χ0) is 14.9. The largest absolute Gasteiger partial charge is 0.419 e. The molecule has 1 aromatic heterocycles. The van der Waals surface area contributed by atoms with Crippen LogP contribution >= 0.6 is 0 Å². The van der Waals surface area contributed by atoms with Crippen molar-refractivity contribution in [2.24, 2.45) is 5.73 Å². The van der Waals surface area contributed by atoms with Gasteiger partial charge in [0.15, 0.2) is 0 Å². The van der Waals surface area contributed by atoms with Crippen LogP contribution in [-0.4, -0.2) is 21.1 Å². The number of primary amides is 1. The molecule has 0 fully saturated rings. The maximum atomic E-state index is 13.7. The Morgan fingerprint density at radius 2 is 2.05 bits per heavy atom. The molecule has 0 bridgehead atoms. The number of carbonyl (C=O) groups is 1. The molecule has 2 rings (SSSR count). The summed E-state index contributed by atoms with van der Waals surface area (Å²) in [5, 5.41) is 5.77. The van der Waals surface area contributed by atoms with Gasteiger partial charge in [-0.3, -0.25) is 9.89 Å². The number of alkyl halides is 3. The Labute approximate surface area is 109 Å². The van der Waals surface area contributed by atoms with Gasteiger partial charge in [-0.1, -0.05) is 12.1 Å². The normalized spacial score (nSPS) is 11.6. The van der Waals surface area contributed by atoms with Crippen LogP contribution < -0.4 is 5.73 Å². The highest BCUT2D eigenvalue weighted by molar-refractivity contribution is 5.88. The van der Waals surface area contributed by atoms with E-state index in [1.165, 1.54) is 6.07 Å². The van der Waals surface area contributed by atoms with Gasteiger partial charge in [0, 0.05) is 6.42 Å². The summed E-state index contributed by atoms with van der Waals surface area (Å²) in [6.45, 7) is 0. The number of aromatic amines is 1. The monoisotopic (exact) mass is 288 g/mol. The van der Waals surface area contributed by atoms with E-state index >= 15 is 0 Å². The first-order valence-electron chi connectivity index (χ1n) is 5.34. The number of nitrogens with zero attached hydrogens (tertiary/aromatic N) is 2. The molecule has 0 radical (unpaired) electrons. The summed E-state index contributed by atoms with van der Waals surface area (Å²) in [5.41, 5.74) is 3.35. The summed E-state index contributed by atoms with van der Waals surface area (Å²) in [4.78, 5) is 14.4. The number of rotatable bonds is 3. The standard InChI is InChI=1S/C11H8F4N4O/c12-8-5(2-1-3-6(8)11(13,14)15)4-7-17-10(9(16)20)19-18-7/h1-3H,4H2,(H2,16,20)(H,17,18,19). The van der Waals surface area contributed by atoms with Crippen molar-refractivity contribution >= 4 is 5.91 Å². The summed E-state index contributed by atoms with van der Waals surface area (Å²) in [6.07, 6.45) is -5.05. The fraction of sp³-hybridized carbons (Fsp3) is 0.182. The van der Waals surface area contributed by atoms with Gasteiger partial charge in [0.2, 0.25) is 5.82 Å². The van der Waals surface area contributed by atoms with Crippen LogP contribution in [0.3, 0.4) is 0 Å². The third kappa shape index (κ3) is 2.76. The first kappa shape index (κ1) is 14.0. The maximum Gasteiger partial charge on any atom is 0.419 e. The number of carbonyl (C=O) groups excluding carboxylic acids is 1. The number of hydrogen-bond donors (Lipinski definition) is 2. The summed E-state index contributed by atoms with van der Waals surface area (Å²) in [7, 11) is 0. The molecular formula is C11H8F4N4O. The predicted molar refractivity (Wildman–Crippen MR) is 59.1 cm³/mol. The third-order valence-electron chi connectivity index (χ3n) is 2.49. The van der Waals surface area contributed by atoms with Gasteiger partial charge in [-0.2, -0.15) is 13.2 Å². The second-order valence-electron chi connectivity index (χ2n) is 3.92.